The van der Waals surface area contributed by atoms with Gasteiger partial charge in [-0.05, 0) is 17.2 Å². The second kappa shape index (κ2) is 7.63. The van der Waals surface area contributed by atoms with Crippen molar-refractivity contribution in [3.05, 3.63) is 82.1 Å². The number of amides is 1. The lowest BCUT2D eigenvalue weighted by atomic mass is 10.2. The maximum absolute atomic E-state index is 12.3. The molecule has 2 aromatic carbocycles. The minimum atomic E-state index is -0.0873. The van der Waals surface area contributed by atoms with Gasteiger partial charge in [-0.2, -0.15) is 0 Å². The first-order valence-electron chi connectivity index (χ1n) is 8.29. The summed E-state index contributed by atoms with van der Waals surface area (Å²) in [6, 6.07) is 18.1. The summed E-state index contributed by atoms with van der Waals surface area (Å²) >= 11 is 5.17. The highest BCUT2D eigenvalue weighted by atomic mass is 79.9. The van der Waals surface area contributed by atoms with E-state index in [2.05, 4.69) is 32.3 Å². The number of rotatable bonds is 5. The third-order valence-electron chi connectivity index (χ3n) is 4.26. The van der Waals surface area contributed by atoms with E-state index < -0.39 is 0 Å². The van der Waals surface area contributed by atoms with Crippen LogP contribution in [0.1, 0.15) is 22.2 Å². The molecule has 0 aliphatic carbocycles. The van der Waals surface area contributed by atoms with Crippen LogP contribution in [0.3, 0.4) is 0 Å². The fourth-order valence-corrected chi connectivity index (χ4v) is 4.48. The van der Waals surface area contributed by atoms with E-state index in [-0.39, 0.29) is 11.3 Å². The molecule has 1 aromatic heterocycles. The van der Waals surface area contributed by atoms with Crippen molar-refractivity contribution >= 4 is 33.6 Å². The number of hydrogen-bond acceptors (Lipinski definition) is 4. The van der Waals surface area contributed by atoms with Gasteiger partial charge < -0.3 is 4.90 Å². The number of nitrogens with zero attached hydrogens (tertiary/aromatic N) is 4. The maximum Gasteiger partial charge on any atom is 0.234 e. The highest BCUT2D eigenvalue weighted by Crippen LogP contribution is 2.38. The summed E-state index contributed by atoms with van der Waals surface area (Å²) in [6.45, 7) is 1.23. The van der Waals surface area contributed by atoms with Crippen LogP contribution in [0.5, 0.6) is 0 Å². The zero-order valence-electron chi connectivity index (χ0n) is 14.0. The van der Waals surface area contributed by atoms with E-state index in [0.717, 1.165) is 21.3 Å². The van der Waals surface area contributed by atoms with Gasteiger partial charge in [0.2, 0.25) is 5.91 Å². The van der Waals surface area contributed by atoms with Gasteiger partial charge in [-0.25, -0.2) is 4.68 Å². The molecular formula is C19H17BrN4OS. The van der Waals surface area contributed by atoms with E-state index in [4.69, 9.17) is 0 Å². The van der Waals surface area contributed by atoms with Crippen molar-refractivity contribution in [3.63, 3.8) is 0 Å². The molecule has 0 radical (unpaired) electrons. The van der Waals surface area contributed by atoms with Gasteiger partial charge in [-0.1, -0.05) is 69.7 Å². The van der Waals surface area contributed by atoms with Crippen molar-refractivity contribution in [2.75, 3.05) is 5.75 Å². The number of carbonyl (C=O) groups excluding carboxylic acids is 1. The van der Waals surface area contributed by atoms with Crippen LogP contribution in [0, 0.1) is 0 Å². The zero-order valence-corrected chi connectivity index (χ0v) is 16.4. The molecule has 1 amide bonds. The molecule has 1 saturated heterocycles. The molecule has 1 atom stereocenters. The molecule has 1 aliphatic rings. The van der Waals surface area contributed by atoms with Gasteiger partial charge in [0, 0.05) is 11.0 Å². The van der Waals surface area contributed by atoms with Gasteiger partial charge in [0.15, 0.2) is 0 Å². The topological polar surface area (TPSA) is 51.0 Å². The Kier molecular flexibility index (Phi) is 5.08. The molecule has 7 heteroatoms. The lowest BCUT2D eigenvalue weighted by Crippen LogP contribution is -2.27. The van der Waals surface area contributed by atoms with Crippen LogP contribution in [0.2, 0.25) is 0 Å². The van der Waals surface area contributed by atoms with Gasteiger partial charge in [0.1, 0.15) is 11.1 Å². The largest absolute Gasteiger partial charge is 0.320 e. The van der Waals surface area contributed by atoms with Crippen molar-refractivity contribution in [1.29, 1.82) is 0 Å². The van der Waals surface area contributed by atoms with Crippen LogP contribution in [0.25, 0.3) is 0 Å². The monoisotopic (exact) mass is 428 g/mol. The molecule has 0 N–H and O–H groups in total. The third kappa shape index (κ3) is 3.68. The van der Waals surface area contributed by atoms with E-state index in [0.29, 0.717) is 18.8 Å². The van der Waals surface area contributed by atoms with Gasteiger partial charge in [-0.3, -0.25) is 4.79 Å². The minimum Gasteiger partial charge on any atom is -0.320 e. The molecule has 0 saturated carbocycles. The summed E-state index contributed by atoms with van der Waals surface area (Å²) < 4.78 is 2.87. The predicted octanol–water partition coefficient (Wildman–Crippen LogP) is 3.86. The maximum atomic E-state index is 12.3. The van der Waals surface area contributed by atoms with Gasteiger partial charge in [0.25, 0.3) is 0 Å². The molecule has 26 heavy (non-hydrogen) atoms. The Morgan fingerprint density at radius 2 is 1.85 bits per heavy atom. The van der Waals surface area contributed by atoms with Crippen LogP contribution in [-0.4, -0.2) is 31.6 Å². The summed E-state index contributed by atoms with van der Waals surface area (Å²) in [7, 11) is 0. The molecule has 0 unspecified atom stereocenters. The molecule has 1 aliphatic heterocycles. The van der Waals surface area contributed by atoms with E-state index in [9.17, 15) is 4.79 Å². The van der Waals surface area contributed by atoms with Crippen molar-refractivity contribution in [3.8, 4) is 0 Å². The average Bonchev–Trinajstić information content (AvgIpc) is 3.25. The lowest BCUT2D eigenvalue weighted by Gasteiger charge is -2.22. The summed E-state index contributed by atoms with van der Waals surface area (Å²) in [4.78, 5) is 14.2. The Morgan fingerprint density at radius 1 is 1.08 bits per heavy atom. The molecule has 0 bridgehead atoms. The Hall–Kier alpha value is -2.12. The number of aromatic nitrogens is 3. The van der Waals surface area contributed by atoms with Crippen LogP contribution >= 0.6 is 27.7 Å². The number of hydrogen-bond donors (Lipinski definition) is 0. The van der Waals surface area contributed by atoms with E-state index in [1.165, 1.54) is 0 Å². The standard InChI is InChI=1S/C19H17BrN4OS/c20-16-9-5-4-8-15(16)11-23-12-17(21-22-23)19-24(18(25)13-26-19)10-14-6-2-1-3-7-14/h1-9,12,19H,10-11,13H2/t19-/m1/s1. The summed E-state index contributed by atoms with van der Waals surface area (Å²) in [5, 5.41) is 8.50. The normalized spacial score (nSPS) is 17.0. The fraction of sp³-hybridized carbons (Fsp3) is 0.211. The predicted molar refractivity (Wildman–Crippen MR) is 105 cm³/mol. The Morgan fingerprint density at radius 3 is 2.65 bits per heavy atom. The number of thioether (sulfide) groups is 1. The smallest absolute Gasteiger partial charge is 0.234 e. The number of carbonyl (C=O) groups is 1. The van der Waals surface area contributed by atoms with Crippen molar-refractivity contribution in [2.45, 2.75) is 18.5 Å². The van der Waals surface area contributed by atoms with Crippen LogP contribution < -0.4 is 0 Å². The van der Waals surface area contributed by atoms with Crippen molar-refractivity contribution < 1.29 is 4.79 Å². The zero-order chi connectivity index (χ0) is 17.9. The highest BCUT2D eigenvalue weighted by molar-refractivity contribution is 9.10. The van der Waals surface area contributed by atoms with Crippen LogP contribution in [-0.2, 0) is 17.9 Å². The molecule has 1 fully saturated rings. The molecule has 4 rings (SSSR count). The molecule has 132 valence electrons. The van der Waals surface area contributed by atoms with Crippen molar-refractivity contribution in [2.24, 2.45) is 0 Å². The SMILES string of the molecule is O=C1CS[C@H](c2cn(Cc3ccccc3Br)nn2)N1Cc1ccccc1. The Balaban J connectivity index is 1.52. The van der Waals surface area contributed by atoms with Crippen LogP contribution in [0.15, 0.2) is 65.3 Å². The third-order valence-corrected chi connectivity index (χ3v) is 6.26. The lowest BCUT2D eigenvalue weighted by molar-refractivity contribution is -0.128. The molecule has 3 aromatic rings. The average molecular weight is 429 g/mol. The van der Waals surface area contributed by atoms with Gasteiger partial charge >= 0.3 is 0 Å². The first-order valence-corrected chi connectivity index (χ1v) is 10.1. The molecule has 5 nitrogen and oxygen atoms in total. The van der Waals surface area contributed by atoms with Crippen molar-refractivity contribution in [1.82, 2.24) is 19.9 Å². The number of benzene rings is 2. The van der Waals surface area contributed by atoms with E-state index >= 15 is 0 Å². The van der Waals surface area contributed by atoms with Gasteiger partial charge in [-0.15, -0.1) is 16.9 Å². The molecule has 2 heterocycles. The summed E-state index contributed by atoms with van der Waals surface area (Å²) in [6.07, 6.45) is 1.94. The first kappa shape index (κ1) is 17.3. The van der Waals surface area contributed by atoms with E-state index in [1.807, 2.05) is 64.3 Å². The highest BCUT2D eigenvalue weighted by Gasteiger charge is 2.34. The minimum absolute atomic E-state index is 0.0873. The Labute approximate surface area is 164 Å². The summed E-state index contributed by atoms with van der Waals surface area (Å²) in [5.74, 6) is 0.624. The summed E-state index contributed by atoms with van der Waals surface area (Å²) in [5.41, 5.74) is 3.08. The first-order chi connectivity index (χ1) is 12.7. The van der Waals surface area contributed by atoms with Gasteiger partial charge in [0.05, 0.1) is 18.5 Å². The fourth-order valence-electron chi connectivity index (χ4n) is 2.96. The Bertz CT molecular complexity index is 915. The second-order valence-electron chi connectivity index (χ2n) is 6.10. The molecular weight excluding hydrogens is 412 g/mol. The van der Waals surface area contributed by atoms with E-state index in [1.54, 1.807) is 11.8 Å². The second-order valence-corrected chi connectivity index (χ2v) is 8.03. The quantitative estimate of drug-likeness (QED) is 0.618. The number of halogens is 1. The van der Waals surface area contributed by atoms with Crippen LogP contribution in [0.4, 0.5) is 0 Å². The molecule has 0 spiro atoms.